The molecule has 2 heterocycles. The summed E-state index contributed by atoms with van der Waals surface area (Å²) in [5.41, 5.74) is 7.74. The fourth-order valence-electron chi connectivity index (χ4n) is 1.84. The minimum absolute atomic E-state index is 0.607. The molecular formula is C11H14N4. The number of nitrogens with two attached hydrogens (primary N) is 1. The average Bonchev–Trinajstić information content (AvgIpc) is 2.99. The lowest BCUT2D eigenvalue weighted by molar-refractivity contribution is 0.872. The molecule has 2 aromatic heterocycles. The molecule has 0 saturated heterocycles. The normalized spacial score (nSPS) is 16.1. The highest BCUT2D eigenvalue weighted by Gasteiger charge is 2.28. The van der Waals surface area contributed by atoms with Crippen molar-refractivity contribution in [3.05, 3.63) is 29.7 Å². The van der Waals surface area contributed by atoms with Gasteiger partial charge in [-0.05, 0) is 37.4 Å². The zero-order valence-electron chi connectivity index (χ0n) is 8.56. The molecule has 0 unspecified atom stereocenters. The van der Waals surface area contributed by atoms with E-state index in [1.165, 1.54) is 18.4 Å². The summed E-state index contributed by atoms with van der Waals surface area (Å²) in [6, 6.07) is 4.08. The summed E-state index contributed by atoms with van der Waals surface area (Å²) in [5.74, 6) is 1.61. The molecule has 1 fully saturated rings. The third kappa shape index (κ3) is 1.51. The van der Waals surface area contributed by atoms with Gasteiger partial charge in [0.25, 0.3) is 0 Å². The first-order valence-corrected chi connectivity index (χ1v) is 5.42. The van der Waals surface area contributed by atoms with Gasteiger partial charge in [-0.3, -0.25) is 0 Å². The Hall–Kier alpha value is -1.42. The molecule has 0 bridgehead atoms. The summed E-state index contributed by atoms with van der Waals surface area (Å²) in [6.45, 7) is 0.658. The minimum atomic E-state index is 0.607. The van der Waals surface area contributed by atoms with Crippen LogP contribution in [0.5, 0.6) is 0 Å². The Balaban J connectivity index is 2.11. The number of fused-ring (bicyclic) bond motifs is 1. The molecule has 2 aromatic rings. The third-order valence-corrected chi connectivity index (χ3v) is 2.82. The van der Waals surface area contributed by atoms with Crippen LogP contribution in [0.3, 0.4) is 0 Å². The van der Waals surface area contributed by atoms with E-state index >= 15 is 0 Å². The van der Waals surface area contributed by atoms with Gasteiger partial charge in [0.05, 0.1) is 0 Å². The maximum Gasteiger partial charge on any atom is 0.158 e. The van der Waals surface area contributed by atoms with E-state index in [0.29, 0.717) is 12.5 Å². The van der Waals surface area contributed by atoms with E-state index in [2.05, 4.69) is 16.1 Å². The highest BCUT2D eigenvalue weighted by Crippen LogP contribution is 2.38. The SMILES string of the molecule is NCCc1cccn2nc(C3CC3)nc12. The number of nitrogens with zero attached hydrogens (tertiary/aromatic N) is 3. The van der Waals surface area contributed by atoms with Crippen molar-refractivity contribution < 1.29 is 0 Å². The molecule has 4 nitrogen and oxygen atoms in total. The Morgan fingerprint density at radius 2 is 2.33 bits per heavy atom. The molecule has 0 aliphatic heterocycles. The van der Waals surface area contributed by atoms with Crippen molar-refractivity contribution in [1.82, 2.24) is 14.6 Å². The smallest absolute Gasteiger partial charge is 0.158 e. The van der Waals surface area contributed by atoms with E-state index in [1.807, 2.05) is 16.8 Å². The van der Waals surface area contributed by atoms with Gasteiger partial charge in [0, 0.05) is 12.1 Å². The summed E-state index contributed by atoms with van der Waals surface area (Å²) in [5, 5.41) is 4.48. The predicted octanol–water partition coefficient (Wildman–Crippen LogP) is 1.11. The highest BCUT2D eigenvalue weighted by molar-refractivity contribution is 5.47. The van der Waals surface area contributed by atoms with E-state index in [0.717, 1.165) is 17.9 Å². The van der Waals surface area contributed by atoms with Crippen LogP contribution in [0.4, 0.5) is 0 Å². The molecule has 0 spiro atoms. The van der Waals surface area contributed by atoms with Crippen molar-refractivity contribution in [1.29, 1.82) is 0 Å². The standard InChI is InChI=1S/C11H14N4/c12-6-5-9-2-1-7-15-11(9)13-10(14-15)8-3-4-8/h1-2,7-8H,3-6,12H2. The topological polar surface area (TPSA) is 56.2 Å². The van der Waals surface area contributed by atoms with Crippen molar-refractivity contribution in [3.8, 4) is 0 Å². The zero-order chi connectivity index (χ0) is 10.3. The molecule has 1 aliphatic carbocycles. The molecule has 4 heteroatoms. The van der Waals surface area contributed by atoms with Gasteiger partial charge < -0.3 is 5.73 Å². The fraction of sp³-hybridized carbons (Fsp3) is 0.455. The van der Waals surface area contributed by atoms with Crippen molar-refractivity contribution in [2.24, 2.45) is 5.73 Å². The fourth-order valence-corrected chi connectivity index (χ4v) is 1.84. The monoisotopic (exact) mass is 202 g/mol. The van der Waals surface area contributed by atoms with Crippen LogP contribution in [0.15, 0.2) is 18.3 Å². The predicted molar refractivity (Wildman–Crippen MR) is 57.7 cm³/mol. The molecule has 0 radical (unpaired) electrons. The third-order valence-electron chi connectivity index (χ3n) is 2.82. The summed E-state index contributed by atoms with van der Waals surface area (Å²) < 4.78 is 1.87. The Morgan fingerprint density at radius 1 is 1.47 bits per heavy atom. The molecule has 1 aliphatic rings. The molecule has 0 amide bonds. The second kappa shape index (κ2) is 3.31. The van der Waals surface area contributed by atoms with Crippen LogP contribution in [0.1, 0.15) is 30.1 Å². The van der Waals surface area contributed by atoms with Crippen LogP contribution in [0.2, 0.25) is 0 Å². The Labute approximate surface area is 88.1 Å². The van der Waals surface area contributed by atoms with E-state index in [4.69, 9.17) is 5.73 Å². The van der Waals surface area contributed by atoms with Crippen LogP contribution < -0.4 is 5.73 Å². The minimum Gasteiger partial charge on any atom is -0.330 e. The quantitative estimate of drug-likeness (QED) is 0.811. The summed E-state index contributed by atoms with van der Waals surface area (Å²) in [4.78, 5) is 4.59. The number of hydrogen-bond donors (Lipinski definition) is 1. The first-order chi connectivity index (χ1) is 7.38. The van der Waals surface area contributed by atoms with Gasteiger partial charge in [0.1, 0.15) is 0 Å². The van der Waals surface area contributed by atoms with Gasteiger partial charge >= 0.3 is 0 Å². The van der Waals surface area contributed by atoms with E-state index in [1.54, 1.807) is 0 Å². The van der Waals surface area contributed by atoms with Gasteiger partial charge in [-0.1, -0.05) is 6.07 Å². The number of pyridine rings is 1. The highest BCUT2D eigenvalue weighted by atomic mass is 15.3. The lowest BCUT2D eigenvalue weighted by atomic mass is 10.2. The van der Waals surface area contributed by atoms with E-state index in [9.17, 15) is 0 Å². The summed E-state index contributed by atoms with van der Waals surface area (Å²) in [6.07, 6.45) is 5.30. The lowest BCUT2D eigenvalue weighted by Crippen LogP contribution is -2.04. The number of aromatic nitrogens is 3. The summed E-state index contributed by atoms with van der Waals surface area (Å²) in [7, 11) is 0. The lowest BCUT2D eigenvalue weighted by Gasteiger charge is -1.98. The molecule has 78 valence electrons. The van der Waals surface area contributed by atoms with Crippen molar-refractivity contribution in [2.75, 3.05) is 6.54 Å². The molecule has 15 heavy (non-hydrogen) atoms. The first-order valence-electron chi connectivity index (χ1n) is 5.42. The van der Waals surface area contributed by atoms with Gasteiger partial charge in [0.15, 0.2) is 11.5 Å². The van der Waals surface area contributed by atoms with Crippen LogP contribution in [0, 0.1) is 0 Å². The molecule has 3 rings (SSSR count). The van der Waals surface area contributed by atoms with Crippen molar-refractivity contribution in [3.63, 3.8) is 0 Å². The Bertz CT molecular complexity index is 484. The van der Waals surface area contributed by atoms with Crippen LogP contribution in [-0.2, 0) is 6.42 Å². The second-order valence-electron chi connectivity index (χ2n) is 4.08. The summed E-state index contributed by atoms with van der Waals surface area (Å²) >= 11 is 0. The van der Waals surface area contributed by atoms with Crippen molar-refractivity contribution >= 4 is 5.65 Å². The largest absolute Gasteiger partial charge is 0.330 e. The molecule has 1 saturated carbocycles. The number of hydrogen-bond acceptors (Lipinski definition) is 3. The van der Waals surface area contributed by atoms with E-state index in [-0.39, 0.29) is 0 Å². The zero-order valence-corrected chi connectivity index (χ0v) is 8.56. The average molecular weight is 202 g/mol. The van der Waals surface area contributed by atoms with E-state index < -0.39 is 0 Å². The molecule has 2 N–H and O–H groups in total. The van der Waals surface area contributed by atoms with Gasteiger partial charge in [-0.2, -0.15) is 5.10 Å². The second-order valence-corrected chi connectivity index (χ2v) is 4.08. The Kier molecular flexibility index (Phi) is 1.95. The van der Waals surface area contributed by atoms with Crippen LogP contribution >= 0.6 is 0 Å². The van der Waals surface area contributed by atoms with Gasteiger partial charge in [0.2, 0.25) is 0 Å². The van der Waals surface area contributed by atoms with Crippen LogP contribution in [0.25, 0.3) is 5.65 Å². The molecule has 0 atom stereocenters. The number of rotatable bonds is 3. The first kappa shape index (κ1) is 8.85. The van der Waals surface area contributed by atoms with Crippen molar-refractivity contribution in [2.45, 2.75) is 25.2 Å². The van der Waals surface area contributed by atoms with Gasteiger partial charge in [-0.25, -0.2) is 9.50 Å². The van der Waals surface area contributed by atoms with Crippen LogP contribution in [-0.4, -0.2) is 21.1 Å². The maximum atomic E-state index is 5.57. The molecular weight excluding hydrogens is 188 g/mol. The van der Waals surface area contributed by atoms with Gasteiger partial charge in [-0.15, -0.1) is 0 Å². The molecule has 0 aromatic carbocycles. The Morgan fingerprint density at radius 3 is 3.07 bits per heavy atom. The maximum absolute atomic E-state index is 5.57.